The summed E-state index contributed by atoms with van der Waals surface area (Å²) < 4.78 is 24.5. The predicted octanol–water partition coefficient (Wildman–Crippen LogP) is 3.88. The molecule has 0 aliphatic heterocycles. The van der Waals surface area contributed by atoms with Crippen LogP contribution in [-0.2, 0) is 22.7 Å². The zero-order valence-electron chi connectivity index (χ0n) is 19.0. The minimum atomic E-state index is -0.868. The summed E-state index contributed by atoms with van der Waals surface area (Å²) in [5.41, 5.74) is 5.67. The molecule has 0 unspecified atom stereocenters. The summed E-state index contributed by atoms with van der Waals surface area (Å²) in [4.78, 5) is 23.9. The van der Waals surface area contributed by atoms with Gasteiger partial charge in [-0.25, -0.2) is 9.82 Å². The van der Waals surface area contributed by atoms with E-state index >= 15 is 0 Å². The zero-order valence-corrected chi connectivity index (χ0v) is 19.0. The molecule has 0 aromatic heterocycles. The van der Waals surface area contributed by atoms with E-state index in [-0.39, 0.29) is 19.0 Å². The van der Waals surface area contributed by atoms with Gasteiger partial charge in [0.15, 0.2) is 11.5 Å². The molecule has 3 aromatic carbocycles. The van der Waals surface area contributed by atoms with Crippen LogP contribution in [0.25, 0.3) is 0 Å². The maximum absolute atomic E-state index is 13.1. The molecule has 0 heterocycles. The Hall–Kier alpha value is -4.20. The van der Waals surface area contributed by atoms with Crippen LogP contribution in [0.1, 0.15) is 29.2 Å². The van der Waals surface area contributed by atoms with Crippen molar-refractivity contribution in [1.29, 1.82) is 0 Å². The van der Waals surface area contributed by atoms with Crippen molar-refractivity contribution in [3.05, 3.63) is 94.8 Å². The van der Waals surface area contributed by atoms with Gasteiger partial charge in [-0.15, -0.1) is 0 Å². The number of nitrogens with zero attached hydrogens (tertiary/aromatic N) is 1. The first-order chi connectivity index (χ1) is 16.4. The minimum absolute atomic E-state index is 0.243. The second-order valence-corrected chi connectivity index (χ2v) is 7.42. The molecule has 0 saturated carbocycles. The lowest BCUT2D eigenvalue weighted by Gasteiger charge is -2.12. The summed E-state index contributed by atoms with van der Waals surface area (Å²) in [6, 6.07) is 18.8. The van der Waals surface area contributed by atoms with E-state index in [4.69, 9.17) is 9.47 Å². The zero-order chi connectivity index (χ0) is 24.3. The highest BCUT2D eigenvalue weighted by Gasteiger charge is 2.12. The molecule has 2 N–H and O–H groups in total. The fraction of sp³-hybridized carbons (Fsp3) is 0.192. The minimum Gasteiger partial charge on any atom is -0.490 e. The van der Waals surface area contributed by atoms with E-state index in [9.17, 15) is 14.0 Å². The lowest BCUT2D eigenvalue weighted by atomic mass is 10.1. The van der Waals surface area contributed by atoms with Gasteiger partial charge in [-0.2, -0.15) is 5.10 Å². The van der Waals surface area contributed by atoms with E-state index in [0.717, 1.165) is 16.7 Å². The predicted molar refractivity (Wildman–Crippen MR) is 127 cm³/mol. The third-order valence-corrected chi connectivity index (χ3v) is 4.73. The van der Waals surface area contributed by atoms with Gasteiger partial charge >= 0.3 is 11.8 Å². The molecule has 34 heavy (non-hydrogen) atoms. The number of nitrogens with one attached hydrogen (secondary N) is 2. The molecule has 0 bridgehead atoms. The highest BCUT2D eigenvalue weighted by molar-refractivity contribution is 6.35. The normalized spacial score (nSPS) is 10.7. The number of carbonyl (C=O) groups excluding carboxylic acids is 2. The molecule has 0 fully saturated rings. The monoisotopic (exact) mass is 463 g/mol. The van der Waals surface area contributed by atoms with Gasteiger partial charge in [0.05, 0.1) is 12.8 Å². The Labute approximate surface area is 197 Å². The molecular weight excluding hydrogens is 437 g/mol. The van der Waals surface area contributed by atoms with Crippen molar-refractivity contribution in [2.45, 2.75) is 27.0 Å². The van der Waals surface area contributed by atoms with Crippen LogP contribution in [0.2, 0.25) is 0 Å². The van der Waals surface area contributed by atoms with E-state index in [2.05, 4.69) is 15.8 Å². The number of hydrogen-bond acceptors (Lipinski definition) is 5. The molecule has 176 valence electrons. The van der Waals surface area contributed by atoms with E-state index in [1.807, 2.05) is 38.1 Å². The first kappa shape index (κ1) is 24.4. The Bertz CT molecular complexity index is 1150. The van der Waals surface area contributed by atoms with E-state index in [0.29, 0.717) is 23.7 Å². The van der Waals surface area contributed by atoms with Crippen molar-refractivity contribution in [1.82, 2.24) is 10.7 Å². The maximum Gasteiger partial charge on any atom is 0.329 e. The molecule has 0 aliphatic carbocycles. The number of hydrogen-bond donors (Lipinski definition) is 2. The Morgan fingerprint density at radius 2 is 1.62 bits per heavy atom. The van der Waals surface area contributed by atoms with Gasteiger partial charge in [-0.05, 0) is 60.9 Å². The van der Waals surface area contributed by atoms with Crippen molar-refractivity contribution in [2.24, 2.45) is 5.10 Å². The van der Waals surface area contributed by atoms with Crippen molar-refractivity contribution in [3.63, 3.8) is 0 Å². The van der Waals surface area contributed by atoms with Gasteiger partial charge in [0.25, 0.3) is 0 Å². The smallest absolute Gasteiger partial charge is 0.329 e. The van der Waals surface area contributed by atoms with Crippen LogP contribution in [0.15, 0.2) is 71.8 Å². The SMILES string of the molecule is CCOc1cc(/C=N\NC(=O)C(=O)NCc2ccc(C)cc2)ccc1OCc1ccc(F)cc1. The third kappa shape index (κ3) is 7.44. The topological polar surface area (TPSA) is 89.0 Å². The van der Waals surface area contributed by atoms with Crippen molar-refractivity contribution >= 4 is 18.0 Å². The van der Waals surface area contributed by atoms with Gasteiger partial charge < -0.3 is 14.8 Å². The fourth-order valence-electron chi connectivity index (χ4n) is 2.92. The average Bonchev–Trinajstić information content (AvgIpc) is 2.84. The molecule has 0 atom stereocenters. The van der Waals surface area contributed by atoms with Crippen LogP contribution < -0.4 is 20.2 Å². The van der Waals surface area contributed by atoms with Crippen LogP contribution in [0.5, 0.6) is 11.5 Å². The Kier molecular flexibility index (Phi) is 8.73. The van der Waals surface area contributed by atoms with Gasteiger partial charge in [0, 0.05) is 6.54 Å². The molecule has 2 amide bonds. The van der Waals surface area contributed by atoms with E-state index in [1.165, 1.54) is 18.3 Å². The molecule has 0 radical (unpaired) electrons. The second-order valence-electron chi connectivity index (χ2n) is 7.42. The number of benzene rings is 3. The maximum atomic E-state index is 13.1. The number of rotatable bonds is 9. The lowest BCUT2D eigenvalue weighted by Crippen LogP contribution is -2.37. The van der Waals surface area contributed by atoms with Crippen molar-refractivity contribution in [3.8, 4) is 11.5 Å². The van der Waals surface area contributed by atoms with E-state index < -0.39 is 11.8 Å². The van der Waals surface area contributed by atoms with Crippen molar-refractivity contribution < 1.29 is 23.5 Å². The molecule has 3 aromatic rings. The largest absolute Gasteiger partial charge is 0.490 e. The molecule has 8 heteroatoms. The van der Waals surface area contributed by atoms with Crippen LogP contribution >= 0.6 is 0 Å². The number of aryl methyl sites for hydroxylation is 1. The molecule has 0 spiro atoms. The fourth-order valence-corrected chi connectivity index (χ4v) is 2.92. The Morgan fingerprint density at radius 3 is 2.32 bits per heavy atom. The van der Waals surface area contributed by atoms with Gasteiger partial charge in [0.1, 0.15) is 12.4 Å². The summed E-state index contributed by atoms with van der Waals surface area (Å²) in [5, 5.41) is 6.39. The van der Waals surface area contributed by atoms with E-state index in [1.54, 1.807) is 30.3 Å². The summed E-state index contributed by atoms with van der Waals surface area (Å²) in [6.45, 7) is 4.74. The number of amides is 2. The molecule has 0 aliphatic rings. The Morgan fingerprint density at radius 1 is 0.912 bits per heavy atom. The summed E-state index contributed by atoms with van der Waals surface area (Å²) in [7, 11) is 0. The third-order valence-electron chi connectivity index (χ3n) is 4.73. The van der Waals surface area contributed by atoms with Crippen LogP contribution in [0, 0.1) is 12.7 Å². The first-order valence-corrected chi connectivity index (χ1v) is 10.8. The quantitative estimate of drug-likeness (QED) is 0.286. The molecule has 7 nitrogen and oxygen atoms in total. The number of hydrazone groups is 1. The number of carbonyl (C=O) groups is 2. The van der Waals surface area contributed by atoms with Gasteiger partial charge in [-0.3, -0.25) is 9.59 Å². The summed E-state index contributed by atoms with van der Waals surface area (Å²) in [5.74, 6) is -0.943. The van der Waals surface area contributed by atoms with Crippen molar-refractivity contribution in [2.75, 3.05) is 6.61 Å². The van der Waals surface area contributed by atoms with Crippen LogP contribution in [-0.4, -0.2) is 24.6 Å². The summed E-state index contributed by atoms with van der Waals surface area (Å²) >= 11 is 0. The molecular formula is C26H26FN3O4. The molecule has 0 saturated heterocycles. The lowest BCUT2D eigenvalue weighted by molar-refractivity contribution is -0.139. The average molecular weight is 464 g/mol. The van der Waals surface area contributed by atoms with Gasteiger partial charge in [0.2, 0.25) is 0 Å². The van der Waals surface area contributed by atoms with Crippen LogP contribution in [0.3, 0.4) is 0 Å². The Balaban J connectivity index is 1.54. The van der Waals surface area contributed by atoms with Crippen LogP contribution in [0.4, 0.5) is 4.39 Å². The number of halogens is 1. The second kappa shape index (κ2) is 12.2. The molecule has 3 rings (SSSR count). The standard InChI is InChI=1S/C26H26FN3O4/c1-3-33-24-14-21(10-13-23(24)34-17-20-8-11-22(27)12-9-20)16-29-30-26(32)25(31)28-15-19-6-4-18(2)5-7-19/h4-14,16H,3,15,17H2,1-2H3,(H,28,31)(H,30,32)/b29-16-. The number of ether oxygens (including phenoxy) is 2. The highest BCUT2D eigenvalue weighted by atomic mass is 19.1. The first-order valence-electron chi connectivity index (χ1n) is 10.8. The highest BCUT2D eigenvalue weighted by Crippen LogP contribution is 2.29. The van der Waals surface area contributed by atoms with Gasteiger partial charge in [-0.1, -0.05) is 42.0 Å². The summed E-state index contributed by atoms with van der Waals surface area (Å²) in [6.07, 6.45) is 1.40.